The van der Waals surface area contributed by atoms with Crippen LogP contribution in [-0.2, 0) is 10.0 Å². The lowest BCUT2D eigenvalue weighted by Crippen LogP contribution is -2.39. The molecular weight excluding hydrogens is 440 g/mol. The van der Waals surface area contributed by atoms with Crippen LogP contribution in [0.4, 0.5) is 5.82 Å². The van der Waals surface area contributed by atoms with Gasteiger partial charge in [0.05, 0.1) is 25.0 Å². The molecule has 176 valence electrons. The van der Waals surface area contributed by atoms with Gasteiger partial charge in [0.15, 0.2) is 11.5 Å². The molecule has 8 nitrogen and oxygen atoms in total. The summed E-state index contributed by atoms with van der Waals surface area (Å²) < 4.78 is 37.6. The lowest BCUT2D eigenvalue weighted by molar-refractivity contribution is 0.140. The predicted octanol–water partition coefficient (Wildman–Crippen LogP) is 4.05. The highest BCUT2D eigenvalue weighted by molar-refractivity contribution is 7.88. The first-order valence-electron chi connectivity index (χ1n) is 11.1. The second kappa shape index (κ2) is 9.93. The monoisotopic (exact) mass is 470 g/mol. The molecule has 0 radical (unpaired) electrons. The highest BCUT2D eigenvalue weighted by Crippen LogP contribution is 2.37. The number of nitrogens with one attached hydrogen (secondary N) is 2. The number of benzene rings is 2. The Morgan fingerprint density at radius 3 is 2.42 bits per heavy atom. The number of hydrogen-bond donors (Lipinski definition) is 2. The van der Waals surface area contributed by atoms with Gasteiger partial charge in [-0.3, -0.25) is 0 Å². The minimum Gasteiger partial charge on any atom is -0.493 e. The summed E-state index contributed by atoms with van der Waals surface area (Å²) in [4.78, 5) is 8.89. The Morgan fingerprint density at radius 2 is 1.76 bits per heavy atom. The third-order valence-corrected chi connectivity index (χ3v) is 6.68. The number of anilines is 1. The zero-order valence-corrected chi connectivity index (χ0v) is 19.9. The molecule has 0 saturated heterocycles. The van der Waals surface area contributed by atoms with Crippen LogP contribution in [0.25, 0.3) is 10.9 Å². The van der Waals surface area contributed by atoms with Crippen LogP contribution in [0.5, 0.6) is 11.5 Å². The molecule has 1 fully saturated rings. The van der Waals surface area contributed by atoms with Gasteiger partial charge in [0.2, 0.25) is 10.0 Å². The van der Waals surface area contributed by atoms with Crippen molar-refractivity contribution in [2.24, 2.45) is 0 Å². The number of aromatic nitrogens is 2. The first kappa shape index (κ1) is 23.3. The smallest absolute Gasteiger partial charge is 0.208 e. The predicted molar refractivity (Wildman–Crippen MR) is 129 cm³/mol. The van der Waals surface area contributed by atoms with Gasteiger partial charge in [-0.15, -0.1) is 0 Å². The first-order chi connectivity index (χ1) is 15.8. The number of rotatable bonds is 8. The minimum atomic E-state index is -3.20. The molecule has 1 aromatic heterocycles. The molecule has 9 heteroatoms. The largest absolute Gasteiger partial charge is 0.493 e. The standard InChI is InChI=1S/C24H30N4O4S/c1-16(17-7-5-4-6-8-17)27-24-20-13-23(22(31-2)14-21(20)25-15-26-24)32-19-11-9-18(10-12-19)28-33(3,29)30/h4-8,13-16,18-19,28H,9-12H2,1-3H3,(H,25,26,27)/t16-,18?,19?/m1/s1. The van der Waals surface area contributed by atoms with Gasteiger partial charge in [-0.1, -0.05) is 30.3 Å². The second-order valence-corrected chi connectivity index (χ2v) is 10.3. The fourth-order valence-electron chi connectivity index (χ4n) is 4.24. The minimum absolute atomic E-state index is 0.0155. The highest BCUT2D eigenvalue weighted by atomic mass is 32.2. The van der Waals surface area contributed by atoms with Crippen LogP contribution in [0.3, 0.4) is 0 Å². The zero-order chi connectivity index (χ0) is 23.4. The molecule has 0 aliphatic heterocycles. The van der Waals surface area contributed by atoms with E-state index in [4.69, 9.17) is 9.47 Å². The van der Waals surface area contributed by atoms with Gasteiger partial charge in [0.25, 0.3) is 0 Å². The van der Waals surface area contributed by atoms with Crippen LogP contribution in [0.2, 0.25) is 0 Å². The fraction of sp³-hybridized carbons (Fsp3) is 0.417. The number of fused-ring (bicyclic) bond motifs is 1. The van der Waals surface area contributed by atoms with Gasteiger partial charge >= 0.3 is 0 Å². The first-order valence-corrected chi connectivity index (χ1v) is 13.0. The quantitative estimate of drug-likeness (QED) is 0.512. The Bertz CT molecular complexity index is 1200. The van der Waals surface area contributed by atoms with E-state index in [1.165, 1.54) is 6.26 Å². The Kier molecular flexibility index (Phi) is 6.99. The summed E-state index contributed by atoms with van der Waals surface area (Å²) in [7, 11) is -1.59. The molecule has 2 N–H and O–H groups in total. The molecular formula is C24H30N4O4S. The molecule has 1 aliphatic rings. The molecule has 1 saturated carbocycles. The number of sulfonamides is 1. The van der Waals surface area contributed by atoms with E-state index in [0.29, 0.717) is 11.5 Å². The van der Waals surface area contributed by atoms with Crippen molar-refractivity contribution in [3.8, 4) is 11.5 Å². The molecule has 1 aliphatic carbocycles. The van der Waals surface area contributed by atoms with Gasteiger partial charge in [0, 0.05) is 23.5 Å². The maximum atomic E-state index is 11.5. The lowest BCUT2D eigenvalue weighted by atomic mass is 9.93. The van der Waals surface area contributed by atoms with Crippen molar-refractivity contribution in [2.75, 3.05) is 18.7 Å². The van der Waals surface area contributed by atoms with E-state index < -0.39 is 10.0 Å². The zero-order valence-electron chi connectivity index (χ0n) is 19.1. The van der Waals surface area contributed by atoms with Crippen LogP contribution in [0, 0.1) is 0 Å². The van der Waals surface area contributed by atoms with Crippen molar-refractivity contribution < 1.29 is 17.9 Å². The van der Waals surface area contributed by atoms with E-state index in [1.807, 2.05) is 30.3 Å². The summed E-state index contributed by atoms with van der Waals surface area (Å²) in [5.74, 6) is 1.97. The molecule has 33 heavy (non-hydrogen) atoms. The molecule has 1 atom stereocenters. The van der Waals surface area contributed by atoms with E-state index in [2.05, 4.69) is 39.1 Å². The molecule has 4 rings (SSSR count). The van der Waals surface area contributed by atoms with Gasteiger partial charge in [-0.05, 0) is 44.2 Å². The summed E-state index contributed by atoms with van der Waals surface area (Å²) in [6, 6.07) is 14.0. The van der Waals surface area contributed by atoms with Crippen LogP contribution >= 0.6 is 0 Å². The molecule has 2 aromatic carbocycles. The van der Waals surface area contributed by atoms with E-state index in [9.17, 15) is 8.42 Å². The topological polar surface area (TPSA) is 102 Å². The van der Waals surface area contributed by atoms with E-state index in [0.717, 1.165) is 48.0 Å². The maximum absolute atomic E-state index is 11.5. The highest BCUT2D eigenvalue weighted by Gasteiger charge is 2.25. The SMILES string of the molecule is COc1cc2ncnc(N[C@H](C)c3ccccc3)c2cc1OC1CCC(NS(C)(=O)=O)CC1. The number of ether oxygens (including phenoxy) is 2. The van der Waals surface area contributed by atoms with E-state index >= 15 is 0 Å². The van der Waals surface area contributed by atoms with Crippen LogP contribution in [-0.4, -0.2) is 43.9 Å². The molecule has 0 unspecified atom stereocenters. The molecule has 3 aromatic rings. The molecule has 0 amide bonds. The lowest BCUT2D eigenvalue weighted by Gasteiger charge is -2.29. The Labute approximate surface area is 194 Å². The van der Waals surface area contributed by atoms with Crippen LogP contribution in [0.15, 0.2) is 48.8 Å². The average molecular weight is 471 g/mol. The van der Waals surface area contributed by atoms with E-state index in [1.54, 1.807) is 13.4 Å². The summed E-state index contributed by atoms with van der Waals surface area (Å²) in [6.07, 6.45) is 5.71. The van der Waals surface area contributed by atoms with Crippen molar-refractivity contribution in [3.63, 3.8) is 0 Å². The van der Waals surface area contributed by atoms with Crippen LogP contribution < -0.4 is 19.5 Å². The normalized spacial score (nSPS) is 19.7. The van der Waals surface area contributed by atoms with Gasteiger partial charge in [-0.2, -0.15) is 0 Å². The summed E-state index contributed by atoms with van der Waals surface area (Å²) in [5.41, 5.74) is 1.92. The van der Waals surface area contributed by atoms with Crippen molar-refractivity contribution in [3.05, 3.63) is 54.4 Å². The summed E-state index contributed by atoms with van der Waals surface area (Å²) in [5, 5.41) is 4.33. The van der Waals surface area contributed by atoms with Crippen molar-refractivity contribution in [1.82, 2.24) is 14.7 Å². The van der Waals surface area contributed by atoms with Gasteiger partial charge in [0.1, 0.15) is 12.1 Å². The number of hydrogen-bond acceptors (Lipinski definition) is 7. The van der Waals surface area contributed by atoms with Crippen molar-refractivity contribution in [1.29, 1.82) is 0 Å². The third kappa shape index (κ3) is 5.91. The molecule has 1 heterocycles. The third-order valence-electron chi connectivity index (χ3n) is 5.92. The maximum Gasteiger partial charge on any atom is 0.208 e. The summed E-state index contributed by atoms with van der Waals surface area (Å²) in [6.45, 7) is 2.09. The average Bonchev–Trinajstić information content (AvgIpc) is 2.80. The molecule has 0 bridgehead atoms. The number of methoxy groups -OCH3 is 1. The second-order valence-electron chi connectivity index (χ2n) is 8.50. The molecule has 0 spiro atoms. The number of nitrogens with zero attached hydrogens (tertiary/aromatic N) is 2. The summed E-state index contributed by atoms with van der Waals surface area (Å²) >= 11 is 0. The van der Waals surface area contributed by atoms with Crippen LogP contribution in [0.1, 0.15) is 44.2 Å². The van der Waals surface area contributed by atoms with Gasteiger partial charge < -0.3 is 14.8 Å². The van der Waals surface area contributed by atoms with Gasteiger partial charge in [-0.25, -0.2) is 23.1 Å². The Morgan fingerprint density at radius 1 is 1.03 bits per heavy atom. The Balaban J connectivity index is 1.54. The Hall–Kier alpha value is -2.91. The van der Waals surface area contributed by atoms with E-state index in [-0.39, 0.29) is 18.2 Å². The van der Waals surface area contributed by atoms with Crippen molar-refractivity contribution >= 4 is 26.7 Å². The van der Waals surface area contributed by atoms with Crippen molar-refractivity contribution in [2.45, 2.75) is 50.8 Å². The fourth-order valence-corrected chi connectivity index (χ4v) is 5.08.